The van der Waals surface area contributed by atoms with Gasteiger partial charge in [0.05, 0.1) is 17.7 Å². The first kappa shape index (κ1) is 12.6. The molecule has 0 spiro atoms. The van der Waals surface area contributed by atoms with Crippen LogP contribution in [0.3, 0.4) is 0 Å². The van der Waals surface area contributed by atoms with Crippen molar-refractivity contribution in [3.63, 3.8) is 0 Å². The molecule has 2 heterocycles. The third-order valence-electron chi connectivity index (χ3n) is 3.36. The standard InChI is InChI=1S/C15H17NO2S/c1-10-9-19-14(16-10)8-13(17)12-6-2-4-11-5-3-7-18-15(11)12/h2,4,6,9,13,17H,3,5,7-8H2,1H3. The zero-order valence-corrected chi connectivity index (χ0v) is 11.7. The minimum atomic E-state index is -0.543. The fourth-order valence-corrected chi connectivity index (χ4v) is 3.26. The van der Waals surface area contributed by atoms with E-state index in [-0.39, 0.29) is 0 Å². The van der Waals surface area contributed by atoms with Gasteiger partial charge in [-0.2, -0.15) is 0 Å². The van der Waals surface area contributed by atoms with Gasteiger partial charge in [0.1, 0.15) is 5.75 Å². The van der Waals surface area contributed by atoms with Gasteiger partial charge >= 0.3 is 0 Å². The highest BCUT2D eigenvalue weighted by atomic mass is 32.1. The van der Waals surface area contributed by atoms with Crippen molar-refractivity contribution in [1.29, 1.82) is 0 Å². The van der Waals surface area contributed by atoms with Crippen molar-refractivity contribution in [2.75, 3.05) is 6.61 Å². The number of aliphatic hydroxyl groups excluding tert-OH is 1. The van der Waals surface area contributed by atoms with E-state index in [0.717, 1.165) is 41.5 Å². The molecule has 1 atom stereocenters. The number of ether oxygens (including phenoxy) is 1. The number of rotatable bonds is 3. The van der Waals surface area contributed by atoms with E-state index >= 15 is 0 Å². The Kier molecular flexibility index (Phi) is 3.53. The lowest BCUT2D eigenvalue weighted by atomic mass is 9.98. The molecule has 1 aliphatic rings. The van der Waals surface area contributed by atoms with Gasteiger partial charge in [0.15, 0.2) is 0 Å². The van der Waals surface area contributed by atoms with Crippen LogP contribution in [0.15, 0.2) is 23.6 Å². The number of aryl methyl sites for hydroxylation is 2. The Balaban J connectivity index is 1.85. The van der Waals surface area contributed by atoms with Crippen LogP contribution in [0.25, 0.3) is 0 Å². The fourth-order valence-electron chi connectivity index (χ4n) is 2.45. The minimum absolute atomic E-state index is 0.543. The molecule has 0 bridgehead atoms. The van der Waals surface area contributed by atoms with E-state index in [9.17, 15) is 5.11 Å². The molecule has 1 aliphatic heterocycles. The maximum absolute atomic E-state index is 10.4. The highest BCUT2D eigenvalue weighted by molar-refractivity contribution is 7.09. The normalized spacial score (nSPS) is 15.7. The van der Waals surface area contributed by atoms with E-state index in [0.29, 0.717) is 6.42 Å². The van der Waals surface area contributed by atoms with Gasteiger partial charge in [-0.3, -0.25) is 0 Å². The molecular formula is C15H17NO2S. The van der Waals surface area contributed by atoms with Crippen LogP contribution in [0.4, 0.5) is 0 Å². The lowest BCUT2D eigenvalue weighted by Gasteiger charge is -2.22. The van der Waals surface area contributed by atoms with Crippen molar-refractivity contribution in [1.82, 2.24) is 4.98 Å². The van der Waals surface area contributed by atoms with Gasteiger partial charge in [0.25, 0.3) is 0 Å². The van der Waals surface area contributed by atoms with Crippen LogP contribution in [0, 0.1) is 6.92 Å². The molecule has 0 saturated carbocycles. The van der Waals surface area contributed by atoms with Crippen LogP contribution >= 0.6 is 11.3 Å². The third-order valence-corrected chi connectivity index (χ3v) is 4.35. The number of para-hydroxylation sites is 1. The summed E-state index contributed by atoms with van der Waals surface area (Å²) >= 11 is 1.60. The van der Waals surface area contributed by atoms with Crippen LogP contribution in [0.2, 0.25) is 0 Å². The molecule has 0 amide bonds. The predicted octanol–water partition coefficient (Wildman–Crippen LogP) is 3.05. The molecule has 3 rings (SSSR count). The first-order valence-electron chi connectivity index (χ1n) is 6.57. The van der Waals surface area contributed by atoms with Gasteiger partial charge in [-0.25, -0.2) is 4.98 Å². The van der Waals surface area contributed by atoms with E-state index < -0.39 is 6.10 Å². The SMILES string of the molecule is Cc1csc(CC(O)c2cccc3c2OCCC3)n1. The lowest BCUT2D eigenvalue weighted by molar-refractivity contribution is 0.169. The molecule has 0 fully saturated rings. The molecule has 19 heavy (non-hydrogen) atoms. The molecule has 4 heteroatoms. The van der Waals surface area contributed by atoms with Crippen molar-refractivity contribution in [3.8, 4) is 5.75 Å². The number of hydrogen-bond acceptors (Lipinski definition) is 4. The number of thiazole rings is 1. The van der Waals surface area contributed by atoms with E-state index in [4.69, 9.17) is 4.74 Å². The number of fused-ring (bicyclic) bond motifs is 1. The van der Waals surface area contributed by atoms with Gasteiger partial charge < -0.3 is 9.84 Å². The summed E-state index contributed by atoms with van der Waals surface area (Å²) in [6.45, 7) is 2.72. The lowest BCUT2D eigenvalue weighted by Crippen LogP contribution is -2.13. The zero-order valence-electron chi connectivity index (χ0n) is 10.9. The predicted molar refractivity (Wildman–Crippen MR) is 75.8 cm³/mol. The summed E-state index contributed by atoms with van der Waals surface area (Å²) < 4.78 is 5.74. The van der Waals surface area contributed by atoms with Crippen molar-refractivity contribution < 1.29 is 9.84 Å². The van der Waals surface area contributed by atoms with Crippen LogP contribution in [-0.4, -0.2) is 16.7 Å². The Morgan fingerprint density at radius 3 is 3.16 bits per heavy atom. The molecule has 1 unspecified atom stereocenters. The Morgan fingerprint density at radius 2 is 2.37 bits per heavy atom. The first-order chi connectivity index (χ1) is 9.24. The van der Waals surface area contributed by atoms with Gasteiger partial charge in [-0.1, -0.05) is 18.2 Å². The summed E-state index contributed by atoms with van der Waals surface area (Å²) in [4.78, 5) is 4.41. The molecule has 2 aromatic rings. The highest BCUT2D eigenvalue weighted by Crippen LogP contribution is 2.34. The molecule has 0 radical (unpaired) electrons. The summed E-state index contributed by atoms with van der Waals surface area (Å²) in [7, 11) is 0. The van der Waals surface area contributed by atoms with Crippen molar-refractivity contribution in [3.05, 3.63) is 45.4 Å². The van der Waals surface area contributed by atoms with E-state index in [1.165, 1.54) is 5.56 Å². The summed E-state index contributed by atoms with van der Waals surface area (Å²) in [6, 6.07) is 6.03. The number of nitrogens with zero attached hydrogens (tertiary/aromatic N) is 1. The second-order valence-corrected chi connectivity index (χ2v) is 5.83. The minimum Gasteiger partial charge on any atom is -0.493 e. The van der Waals surface area contributed by atoms with Gasteiger partial charge in [0.2, 0.25) is 0 Å². The van der Waals surface area contributed by atoms with Crippen LogP contribution < -0.4 is 4.74 Å². The van der Waals surface area contributed by atoms with Gasteiger partial charge in [0, 0.05) is 23.1 Å². The molecule has 100 valence electrons. The molecule has 1 aromatic carbocycles. The van der Waals surface area contributed by atoms with E-state index in [1.54, 1.807) is 11.3 Å². The summed E-state index contributed by atoms with van der Waals surface area (Å²) in [5.41, 5.74) is 3.11. The van der Waals surface area contributed by atoms with Gasteiger partial charge in [-0.15, -0.1) is 11.3 Å². The van der Waals surface area contributed by atoms with E-state index in [1.807, 2.05) is 24.4 Å². The number of benzene rings is 1. The second-order valence-electron chi connectivity index (χ2n) is 4.89. The van der Waals surface area contributed by atoms with Gasteiger partial charge in [-0.05, 0) is 25.3 Å². The summed E-state index contributed by atoms with van der Waals surface area (Å²) in [6.07, 6.45) is 2.10. The average molecular weight is 275 g/mol. The number of aliphatic hydroxyl groups is 1. The molecule has 1 N–H and O–H groups in total. The average Bonchev–Trinajstić information content (AvgIpc) is 2.83. The topological polar surface area (TPSA) is 42.4 Å². The number of hydrogen-bond donors (Lipinski definition) is 1. The molecule has 0 aliphatic carbocycles. The first-order valence-corrected chi connectivity index (χ1v) is 7.45. The second kappa shape index (κ2) is 5.31. The van der Waals surface area contributed by atoms with E-state index in [2.05, 4.69) is 11.1 Å². The van der Waals surface area contributed by atoms with Crippen molar-refractivity contribution in [2.45, 2.75) is 32.3 Å². The largest absolute Gasteiger partial charge is 0.493 e. The Labute approximate surface area is 116 Å². The summed E-state index contributed by atoms with van der Waals surface area (Å²) in [5, 5.41) is 13.4. The maximum Gasteiger partial charge on any atom is 0.128 e. The van der Waals surface area contributed by atoms with Crippen molar-refractivity contribution in [2.24, 2.45) is 0 Å². The Bertz CT molecular complexity index is 579. The fraction of sp³-hybridized carbons (Fsp3) is 0.400. The van der Waals surface area contributed by atoms with Crippen LogP contribution in [0.1, 0.15) is 34.4 Å². The number of aromatic nitrogens is 1. The Morgan fingerprint density at radius 1 is 1.47 bits per heavy atom. The zero-order chi connectivity index (χ0) is 13.2. The summed E-state index contributed by atoms with van der Waals surface area (Å²) in [5.74, 6) is 0.884. The molecular weight excluding hydrogens is 258 g/mol. The molecule has 3 nitrogen and oxygen atoms in total. The van der Waals surface area contributed by atoms with Crippen LogP contribution in [-0.2, 0) is 12.8 Å². The highest BCUT2D eigenvalue weighted by Gasteiger charge is 2.20. The smallest absolute Gasteiger partial charge is 0.128 e. The molecule has 0 saturated heterocycles. The third kappa shape index (κ3) is 2.65. The Hall–Kier alpha value is -1.39. The molecule has 1 aromatic heterocycles. The van der Waals surface area contributed by atoms with Crippen molar-refractivity contribution >= 4 is 11.3 Å². The quantitative estimate of drug-likeness (QED) is 0.936. The van der Waals surface area contributed by atoms with Crippen LogP contribution in [0.5, 0.6) is 5.75 Å². The maximum atomic E-state index is 10.4. The monoisotopic (exact) mass is 275 g/mol.